The molecule has 0 unspecified atom stereocenters. The molecule has 3 heterocycles. The van der Waals surface area contributed by atoms with E-state index in [2.05, 4.69) is 63.1 Å². The number of hydrogen-bond donors (Lipinski definition) is 1. The lowest BCUT2D eigenvalue weighted by molar-refractivity contribution is 0.313. The van der Waals surface area contributed by atoms with Crippen molar-refractivity contribution in [1.82, 2.24) is 14.9 Å². The number of fused-ring (bicyclic) bond motifs is 1. The summed E-state index contributed by atoms with van der Waals surface area (Å²) in [5.74, 6) is -0.0607. The number of aromatic nitrogens is 2. The first-order valence-corrected chi connectivity index (χ1v) is 11.4. The first-order valence-electron chi connectivity index (χ1n) is 11.4. The van der Waals surface area contributed by atoms with Crippen LogP contribution >= 0.6 is 0 Å². The van der Waals surface area contributed by atoms with E-state index in [4.69, 9.17) is 0 Å². The van der Waals surface area contributed by atoms with Crippen LogP contribution in [0.25, 0.3) is 11.3 Å². The van der Waals surface area contributed by atoms with Crippen molar-refractivity contribution in [3.8, 4) is 11.3 Å². The van der Waals surface area contributed by atoms with Crippen LogP contribution in [0.5, 0.6) is 0 Å². The number of nitrogens with zero attached hydrogens (tertiary/aromatic N) is 5. The number of halogens is 1. The monoisotopic (exact) mass is 444 g/mol. The maximum absolute atomic E-state index is 14.8. The predicted molar refractivity (Wildman–Crippen MR) is 132 cm³/mol. The van der Waals surface area contributed by atoms with E-state index in [1.165, 1.54) is 6.20 Å². The Morgan fingerprint density at radius 1 is 1.03 bits per heavy atom. The van der Waals surface area contributed by atoms with Crippen LogP contribution in [0.15, 0.2) is 53.7 Å². The zero-order chi connectivity index (χ0) is 23.0. The highest BCUT2D eigenvalue weighted by molar-refractivity contribution is 5.85. The molecule has 1 aromatic heterocycles. The van der Waals surface area contributed by atoms with Gasteiger partial charge in [-0.05, 0) is 42.4 Å². The summed E-state index contributed by atoms with van der Waals surface area (Å²) in [5.41, 5.74) is 5.20. The SMILES string of the molecule is CN1CCN(c2cccc(Nc3ncc(F)c(-c4ccc5c(c4)C(C)(C)CN=C5)n3)c2)CC1. The van der Waals surface area contributed by atoms with E-state index >= 15 is 0 Å². The van der Waals surface area contributed by atoms with Gasteiger partial charge in [-0.2, -0.15) is 0 Å². The molecule has 0 saturated carbocycles. The largest absolute Gasteiger partial charge is 0.369 e. The molecular weight excluding hydrogens is 415 g/mol. The van der Waals surface area contributed by atoms with Crippen molar-refractivity contribution in [1.29, 1.82) is 0 Å². The lowest BCUT2D eigenvalue weighted by Crippen LogP contribution is -2.44. The van der Waals surface area contributed by atoms with Crippen molar-refractivity contribution in [3.63, 3.8) is 0 Å². The smallest absolute Gasteiger partial charge is 0.227 e. The Bertz CT molecular complexity index is 1200. The molecule has 2 aliphatic heterocycles. The molecule has 0 spiro atoms. The van der Waals surface area contributed by atoms with Crippen LogP contribution in [0.2, 0.25) is 0 Å². The van der Waals surface area contributed by atoms with Crippen molar-refractivity contribution < 1.29 is 4.39 Å². The number of piperazine rings is 1. The van der Waals surface area contributed by atoms with Gasteiger partial charge < -0.3 is 15.1 Å². The van der Waals surface area contributed by atoms with Crippen molar-refractivity contribution in [2.24, 2.45) is 4.99 Å². The van der Waals surface area contributed by atoms with Gasteiger partial charge in [0.1, 0.15) is 5.69 Å². The van der Waals surface area contributed by atoms with Gasteiger partial charge in [0.25, 0.3) is 0 Å². The Kier molecular flexibility index (Phi) is 5.58. The topological polar surface area (TPSA) is 56.6 Å². The maximum atomic E-state index is 14.8. The average Bonchev–Trinajstić information content (AvgIpc) is 2.81. The fourth-order valence-corrected chi connectivity index (χ4v) is 4.46. The van der Waals surface area contributed by atoms with Crippen LogP contribution in [0.4, 0.5) is 21.7 Å². The van der Waals surface area contributed by atoms with Crippen LogP contribution < -0.4 is 10.2 Å². The summed E-state index contributed by atoms with van der Waals surface area (Å²) in [6.07, 6.45) is 3.13. The van der Waals surface area contributed by atoms with Gasteiger partial charge in [-0.25, -0.2) is 14.4 Å². The normalized spacial score (nSPS) is 17.6. The second kappa shape index (κ2) is 8.56. The molecule has 1 saturated heterocycles. The summed E-state index contributed by atoms with van der Waals surface area (Å²) in [6.45, 7) is 9.11. The van der Waals surface area contributed by atoms with E-state index in [-0.39, 0.29) is 5.41 Å². The quantitative estimate of drug-likeness (QED) is 0.643. The van der Waals surface area contributed by atoms with Crippen LogP contribution in [-0.4, -0.2) is 60.9 Å². The molecule has 1 N–H and O–H groups in total. The predicted octanol–water partition coefficient (Wildman–Crippen LogP) is 4.49. The first kappa shape index (κ1) is 21.5. The third-order valence-electron chi connectivity index (χ3n) is 6.49. The van der Waals surface area contributed by atoms with Crippen LogP contribution in [0.1, 0.15) is 25.0 Å². The highest BCUT2D eigenvalue weighted by Gasteiger charge is 2.26. The Hall–Kier alpha value is -3.32. The third-order valence-corrected chi connectivity index (χ3v) is 6.49. The third kappa shape index (κ3) is 4.46. The molecule has 0 atom stereocenters. The molecule has 1 fully saturated rings. The Morgan fingerprint density at radius 2 is 1.85 bits per heavy atom. The van der Waals surface area contributed by atoms with Crippen LogP contribution in [0, 0.1) is 5.82 Å². The Morgan fingerprint density at radius 3 is 2.67 bits per heavy atom. The van der Waals surface area contributed by atoms with E-state index in [9.17, 15) is 4.39 Å². The second-order valence-electron chi connectivity index (χ2n) is 9.51. The van der Waals surface area contributed by atoms with Gasteiger partial charge in [-0.3, -0.25) is 4.99 Å². The number of hydrogen-bond acceptors (Lipinski definition) is 6. The van der Waals surface area contributed by atoms with Crippen LogP contribution in [0.3, 0.4) is 0 Å². The molecule has 7 heteroatoms. The summed E-state index contributed by atoms with van der Waals surface area (Å²) < 4.78 is 14.8. The van der Waals surface area contributed by atoms with Crippen molar-refractivity contribution in [2.45, 2.75) is 19.3 Å². The zero-order valence-electron chi connectivity index (χ0n) is 19.3. The Labute approximate surface area is 194 Å². The molecule has 170 valence electrons. The van der Waals surface area contributed by atoms with E-state index in [1.54, 1.807) is 0 Å². The van der Waals surface area contributed by atoms with Gasteiger partial charge in [0.05, 0.1) is 6.20 Å². The highest BCUT2D eigenvalue weighted by atomic mass is 19.1. The average molecular weight is 445 g/mol. The number of anilines is 3. The van der Waals surface area contributed by atoms with Crippen LogP contribution in [-0.2, 0) is 5.41 Å². The zero-order valence-corrected chi connectivity index (χ0v) is 19.3. The fourth-order valence-electron chi connectivity index (χ4n) is 4.46. The van der Waals surface area contributed by atoms with Gasteiger partial charge in [-0.15, -0.1) is 0 Å². The molecule has 3 aromatic rings. The maximum Gasteiger partial charge on any atom is 0.227 e. The van der Waals surface area contributed by atoms with Gasteiger partial charge in [0, 0.05) is 61.3 Å². The van der Waals surface area contributed by atoms with Gasteiger partial charge in [0.15, 0.2) is 5.82 Å². The number of benzene rings is 2. The van der Waals surface area contributed by atoms with E-state index in [0.717, 1.165) is 54.2 Å². The summed E-state index contributed by atoms with van der Waals surface area (Å²) in [7, 11) is 2.15. The van der Waals surface area contributed by atoms with Crippen molar-refractivity contribution >= 4 is 23.5 Å². The summed E-state index contributed by atoms with van der Waals surface area (Å²) in [6, 6.07) is 14.1. The number of likely N-dealkylation sites (N-methyl/N-ethyl adjacent to an activating group) is 1. The minimum atomic E-state index is -0.436. The summed E-state index contributed by atoms with van der Waals surface area (Å²) in [5, 5.41) is 3.26. The number of rotatable bonds is 4. The second-order valence-corrected chi connectivity index (χ2v) is 9.51. The van der Waals surface area contributed by atoms with E-state index in [0.29, 0.717) is 18.2 Å². The first-order chi connectivity index (χ1) is 15.9. The molecule has 33 heavy (non-hydrogen) atoms. The molecule has 2 aliphatic rings. The number of nitrogens with one attached hydrogen (secondary N) is 1. The fraction of sp³-hybridized carbons (Fsp3) is 0.346. The lowest BCUT2D eigenvalue weighted by Gasteiger charge is -2.34. The van der Waals surface area contributed by atoms with Gasteiger partial charge >= 0.3 is 0 Å². The Balaban J connectivity index is 1.41. The summed E-state index contributed by atoms with van der Waals surface area (Å²) in [4.78, 5) is 17.9. The molecule has 0 aliphatic carbocycles. The van der Waals surface area contributed by atoms with Crippen molar-refractivity contribution in [2.75, 3.05) is 50.0 Å². The minimum Gasteiger partial charge on any atom is -0.369 e. The van der Waals surface area contributed by atoms with E-state index < -0.39 is 5.82 Å². The minimum absolute atomic E-state index is 0.103. The van der Waals surface area contributed by atoms with Gasteiger partial charge in [0.2, 0.25) is 5.95 Å². The lowest BCUT2D eigenvalue weighted by atomic mass is 9.79. The highest BCUT2D eigenvalue weighted by Crippen LogP contribution is 2.33. The molecule has 5 rings (SSSR count). The molecule has 0 amide bonds. The van der Waals surface area contributed by atoms with Crippen molar-refractivity contribution in [3.05, 3.63) is 65.6 Å². The molecule has 6 nitrogen and oxygen atoms in total. The molecular formula is C26H29FN6. The molecule has 0 radical (unpaired) electrons. The van der Waals surface area contributed by atoms with E-state index in [1.807, 2.05) is 36.5 Å². The molecule has 0 bridgehead atoms. The van der Waals surface area contributed by atoms with Gasteiger partial charge in [-0.1, -0.05) is 32.0 Å². The number of aliphatic imine (C=N–C) groups is 1. The summed E-state index contributed by atoms with van der Waals surface area (Å²) >= 11 is 0. The molecule has 2 aromatic carbocycles. The standard InChI is InChI=1S/C26H29FN6/c1-26(2)17-28-15-19-8-7-18(13-22(19)26)24-23(27)16-29-25(31-24)30-20-5-4-6-21(14-20)33-11-9-32(3)10-12-33/h4-8,13-16H,9-12,17H2,1-3H3,(H,29,30,31).